The Morgan fingerprint density at radius 3 is 2.86 bits per heavy atom. The maximum absolute atomic E-state index is 13.3. The van der Waals surface area contributed by atoms with E-state index < -0.39 is 0 Å². The van der Waals surface area contributed by atoms with Crippen molar-refractivity contribution in [3.05, 3.63) is 58.6 Å². The molecule has 1 fully saturated rings. The monoisotopic (exact) mass is 308 g/mol. The van der Waals surface area contributed by atoms with Gasteiger partial charge in [-0.3, -0.25) is 4.79 Å². The molecule has 2 bridgehead atoms. The summed E-state index contributed by atoms with van der Waals surface area (Å²) in [7, 11) is 0. The molecule has 0 aromatic heterocycles. The van der Waals surface area contributed by atoms with Gasteiger partial charge in [0.1, 0.15) is 0 Å². The molecule has 5 rings (SSSR count). The molecule has 110 valence electrons. The number of allylic oxidation sites excluding steroid dienone is 2. The fourth-order valence-corrected chi connectivity index (χ4v) is 5.23. The third-order valence-electron chi connectivity index (χ3n) is 6.10. The molecule has 1 saturated carbocycles. The van der Waals surface area contributed by atoms with Crippen molar-refractivity contribution < 1.29 is 4.79 Å². The average molecular weight is 309 g/mol. The van der Waals surface area contributed by atoms with Gasteiger partial charge in [-0.1, -0.05) is 42.0 Å². The lowest BCUT2D eigenvalue weighted by Gasteiger charge is -2.38. The van der Waals surface area contributed by atoms with Gasteiger partial charge in [0.05, 0.1) is 0 Å². The van der Waals surface area contributed by atoms with E-state index in [0.717, 1.165) is 40.6 Å². The zero-order valence-corrected chi connectivity index (χ0v) is 13.1. The number of Topliss-reactive ketones (excluding diaryl/α,β-unsaturated/α-hetero) is 1. The maximum atomic E-state index is 13.3. The number of fused-ring (bicyclic) bond motifs is 5. The van der Waals surface area contributed by atoms with E-state index in [1.807, 2.05) is 18.2 Å². The molecule has 2 aromatic rings. The SMILES string of the molecule is O=C1c2cc3c(Cl)cccc3cc2CCC12CC1C=CC2C1. The van der Waals surface area contributed by atoms with Crippen LogP contribution in [0.5, 0.6) is 0 Å². The molecule has 3 aliphatic carbocycles. The molecule has 22 heavy (non-hydrogen) atoms. The zero-order chi connectivity index (χ0) is 14.9. The predicted molar refractivity (Wildman–Crippen MR) is 89.4 cm³/mol. The second kappa shape index (κ2) is 4.23. The summed E-state index contributed by atoms with van der Waals surface area (Å²) < 4.78 is 0. The van der Waals surface area contributed by atoms with Crippen molar-refractivity contribution >= 4 is 28.2 Å². The number of ketones is 1. The van der Waals surface area contributed by atoms with Crippen molar-refractivity contribution in [3.8, 4) is 0 Å². The molecule has 0 aliphatic heterocycles. The third kappa shape index (κ3) is 1.53. The highest BCUT2D eigenvalue weighted by atomic mass is 35.5. The molecule has 3 aliphatic rings. The smallest absolute Gasteiger partial charge is 0.169 e. The Labute approximate surface area is 135 Å². The van der Waals surface area contributed by atoms with E-state index in [9.17, 15) is 4.79 Å². The Bertz CT molecular complexity index is 850. The Morgan fingerprint density at radius 2 is 2.09 bits per heavy atom. The molecule has 0 saturated heterocycles. The molecule has 1 spiro atoms. The summed E-state index contributed by atoms with van der Waals surface area (Å²) in [6.07, 6.45) is 8.86. The Balaban J connectivity index is 1.70. The van der Waals surface area contributed by atoms with Gasteiger partial charge in [0.25, 0.3) is 0 Å². The Morgan fingerprint density at radius 1 is 1.18 bits per heavy atom. The first-order valence-electron chi connectivity index (χ1n) is 8.12. The van der Waals surface area contributed by atoms with Gasteiger partial charge < -0.3 is 0 Å². The molecule has 2 aromatic carbocycles. The van der Waals surface area contributed by atoms with Gasteiger partial charge in [0.2, 0.25) is 0 Å². The highest BCUT2D eigenvalue weighted by Gasteiger charge is 2.54. The van der Waals surface area contributed by atoms with Crippen LogP contribution in [0, 0.1) is 17.3 Å². The van der Waals surface area contributed by atoms with E-state index in [2.05, 4.69) is 24.3 Å². The van der Waals surface area contributed by atoms with Crippen molar-refractivity contribution in [2.45, 2.75) is 25.7 Å². The minimum absolute atomic E-state index is 0.124. The van der Waals surface area contributed by atoms with E-state index in [4.69, 9.17) is 11.6 Å². The van der Waals surface area contributed by atoms with Crippen LogP contribution in [-0.2, 0) is 6.42 Å². The van der Waals surface area contributed by atoms with Crippen LogP contribution in [0.15, 0.2) is 42.5 Å². The second-order valence-electron chi connectivity index (χ2n) is 7.15. The van der Waals surface area contributed by atoms with E-state index in [0.29, 0.717) is 17.6 Å². The lowest BCUT2D eigenvalue weighted by atomic mass is 9.63. The lowest BCUT2D eigenvalue weighted by Crippen LogP contribution is -2.39. The highest BCUT2D eigenvalue weighted by Crippen LogP contribution is 2.57. The van der Waals surface area contributed by atoms with E-state index in [1.54, 1.807) is 0 Å². The van der Waals surface area contributed by atoms with Crippen LogP contribution in [0.3, 0.4) is 0 Å². The first kappa shape index (κ1) is 12.9. The van der Waals surface area contributed by atoms with Crippen molar-refractivity contribution in [2.24, 2.45) is 17.3 Å². The number of rotatable bonds is 0. The van der Waals surface area contributed by atoms with Gasteiger partial charge in [0, 0.05) is 21.4 Å². The van der Waals surface area contributed by atoms with Gasteiger partial charge in [-0.05, 0) is 60.6 Å². The van der Waals surface area contributed by atoms with Crippen molar-refractivity contribution in [1.82, 2.24) is 0 Å². The summed E-state index contributed by atoms with van der Waals surface area (Å²) in [6.45, 7) is 0. The van der Waals surface area contributed by atoms with Gasteiger partial charge >= 0.3 is 0 Å². The topological polar surface area (TPSA) is 17.1 Å². The van der Waals surface area contributed by atoms with Crippen molar-refractivity contribution in [1.29, 1.82) is 0 Å². The predicted octanol–water partition coefficient (Wildman–Crippen LogP) is 5.20. The summed E-state index contributed by atoms with van der Waals surface area (Å²) in [5, 5.41) is 2.88. The Kier molecular flexibility index (Phi) is 2.48. The molecule has 0 radical (unpaired) electrons. The summed E-state index contributed by atoms with van der Waals surface area (Å²) >= 11 is 6.34. The number of hydrogen-bond donors (Lipinski definition) is 0. The fraction of sp³-hybridized carbons (Fsp3) is 0.350. The van der Waals surface area contributed by atoms with Crippen LogP contribution in [0.25, 0.3) is 10.8 Å². The number of benzene rings is 2. The van der Waals surface area contributed by atoms with E-state index >= 15 is 0 Å². The lowest BCUT2D eigenvalue weighted by molar-refractivity contribution is 0.0703. The largest absolute Gasteiger partial charge is 0.294 e. The zero-order valence-electron chi connectivity index (χ0n) is 12.3. The molecule has 0 heterocycles. The maximum Gasteiger partial charge on any atom is 0.169 e. The highest BCUT2D eigenvalue weighted by molar-refractivity contribution is 6.35. The normalized spacial score (nSPS) is 32.1. The summed E-state index contributed by atoms with van der Waals surface area (Å²) in [6, 6.07) is 10.2. The number of aryl methyl sites for hydroxylation is 1. The van der Waals surface area contributed by atoms with Gasteiger partial charge in [-0.2, -0.15) is 0 Å². The minimum atomic E-state index is -0.124. The fourth-order valence-electron chi connectivity index (χ4n) is 5.00. The Hall–Kier alpha value is -1.60. The van der Waals surface area contributed by atoms with E-state index in [-0.39, 0.29) is 5.41 Å². The minimum Gasteiger partial charge on any atom is -0.294 e. The number of carbonyl (C=O) groups excluding carboxylic acids is 1. The van der Waals surface area contributed by atoms with Crippen LogP contribution < -0.4 is 0 Å². The molecule has 2 heteroatoms. The molecule has 0 amide bonds. The summed E-state index contributed by atoms with van der Waals surface area (Å²) in [5.74, 6) is 1.45. The first-order valence-corrected chi connectivity index (χ1v) is 8.49. The van der Waals surface area contributed by atoms with Crippen LogP contribution in [0.1, 0.15) is 35.2 Å². The standard InChI is InChI=1S/C20H17ClO/c21-18-3-1-2-13-9-14-6-7-20(11-12-4-5-15(20)8-12)19(22)17(14)10-16(13)18/h1-5,9-10,12,15H,6-8,11H2. The molecular formula is C20H17ClO. The average Bonchev–Trinajstić information content (AvgIpc) is 3.12. The molecular weight excluding hydrogens is 292 g/mol. The number of halogens is 1. The summed E-state index contributed by atoms with van der Waals surface area (Å²) in [5.41, 5.74) is 2.01. The van der Waals surface area contributed by atoms with Crippen LogP contribution >= 0.6 is 11.6 Å². The molecule has 3 unspecified atom stereocenters. The molecule has 0 N–H and O–H groups in total. The molecule has 3 atom stereocenters. The van der Waals surface area contributed by atoms with Crippen LogP contribution in [-0.4, -0.2) is 5.78 Å². The number of carbonyl (C=O) groups is 1. The quantitative estimate of drug-likeness (QED) is 0.611. The first-order chi connectivity index (χ1) is 10.7. The van der Waals surface area contributed by atoms with Crippen LogP contribution in [0.2, 0.25) is 5.02 Å². The van der Waals surface area contributed by atoms with Crippen molar-refractivity contribution in [3.63, 3.8) is 0 Å². The van der Waals surface area contributed by atoms with Crippen LogP contribution in [0.4, 0.5) is 0 Å². The van der Waals surface area contributed by atoms with Gasteiger partial charge in [0.15, 0.2) is 5.78 Å². The van der Waals surface area contributed by atoms with Gasteiger partial charge in [-0.15, -0.1) is 0 Å². The second-order valence-corrected chi connectivity index (χ2v) is 7.55. The molecule has 1 nitrogen and oxygen atoms in total. The number of hydrogen-bond acceptors (Lipinski definition) is 1. The summed E-state index contributed by atoms with van der Waals surface area (Å²) in [4.78, 5) is 13.3. The van der Waals surface area contributed by atoms with E-state index in [1.165, 1.54) is 12.0 Å². The third-order valence-corrected chi connectivity index (χ3v) is 6.43. The van der Waals surface area contributed by atoms with Gasteiger partial charge in [-0.25, -0.2) is 0 Å². The van der Waals surface area contributed by atoms with Crippen molar-refractivity contribution in [2.75, 3.05) is 0 Å².